The zero-order chi connectivity index (χ0) is 8.97. The summed E-state index contributed by atoms with van der Waals surface area (Å²) in [6.45, 7) is 0. The van der Waals surface area contributed by atoms with Crippen molar-refractivity contribution in [3.63, 3.8) is 0 Å². The van der Waals surface area contributed by atoms with Crippen molar-refractivity contribution in [1.29, 1.82) is 0 Å². The van der Waals surface area contributed by atoms with E-state index in [0.29, 0.717) is 0 Å². The first kappa shape index (κ1) is 9.81. The molecule has 0 spiro atoms. The van der Waals surface area contributed by atoms with Gasteiger partial charge in [0.15, 0.2) is 0 Å². The summed E-state index contributed by atoms with van der Waals surface area (Å²) in [5.74, 6) is 0.749. The van der Waals surface area contributed by atoms with Gasteiger partial charge in [0.1, 0.15) is 0 Å². The number of thioether (sulfide) groups is 1. The van der Waals surface area contributed by atoms with Crippen molar-refractivity contribution in [2.24, 2.45) is 0 Å². The normalized spacial score (nSPS) is 9.92. The lowest BCUT2D eigenvalue weighted by atomic mass is 10.3. The molecule has 0 unspecified atom stereocenters. The predicted molar refractivity (Wildman–Crippen MR) is 60.5 cm³/mol. The molecule has 12 heavy (non-hydrogen) atoms. The van der Waals surface area contributed by atoms with Crippen LogP contribution in [0.2, 0.25) is 0 Å². The second kappa shape index (κ2) is 4.67. The standard InChI is InChI=1S/C9H13NS2/c1-10(7-11)8-3-5-9(12-2)6-4-8/h3-6,11H,7H2,1-2H3. The van der Waals surface area contributed by atoms with Crippen molar-refractivity contribution in [2.45, 2.75) is 4.90 Å². The van der Waals surface area contributed by atoms with Crippen LogP contribution < -0.4 is 4.90 Å². The number of hydrogen-bond donors (Lipinski definition) is 1. The van der Waals surface area contributed by atoms with E-state index >= 15 is 0 Å². The van der Waals surface area contributed by atoms with Gasteiger partial charge in [-0.15, -0.1) is 11.8 Å². The molecule has 0 amide bonds. The molecule has 0 heterocycles. The van der Waals surface area contributed by atoms with Crippen molar-refractivity contribution < 1.29 is 0 Å². The minimum absolute atomic E-state index is 0.749. The van der Waals surface area contributed by atoms with Gasteiger partial charge in [-0.1, -0.05) is 0 Å². The first-order chi connectivity index (χ1) is 5.77. The largest absolute Gasteiger partial charge is 0.366 e. The Morgan fingerprint density at radius 3 is 2.33 bits per heavy atom. The molecule has 0 saturated heterocycles. The summed E-state index contributed by atoms with van der Waals surface area (Å²) in [5.41, 5.74) is 1.21. The minimum Gasteiger partial charge on any atom is -0.366 e. The summed E-state index contributed by atoms with van der Waals surface area (Å²) in [5, 5.41) is 0. The van der Waals surface area contributed by atoms with E-state index in [2.05, 4.69) is 48.0 Å². The van der Waals surface area contributed by atoms with E-state index in [1.807, 2.05) is 7.05 Å². The second-order valence-electron chi connectivity index (χ2n) is 2.54. The fourth-order valence-electron chi connectivity index (χ4n) is 0.918. The highest BCUT2D eigenvalue weighted by Gasteiger charge is 1.96. The van der Waals surface area contributed by atoms with Crippen LogP contribution in [-0.4, -0.2) is 19.2 Å². The molecule has 0 saturated carbocycles. The fourth-order valence-corrected chi connectivity index (χ4v) is 1.49. The Labute approximate surface area is 83.6 Å². The van der Waals surface area contributed by atoms with Gasteiger partial charge in [0.25, 0.3) is 0 Å². The monoisotopic (exact) mass is 199 g/mol. The molecule has 0 aromatic heterocycles. The number of hydrogen-bond acceptors (Lipinski definition) is 3. The van der Waals surface area contributed by atoms with Gasteiger partial charge in [-0.3, -0.25) is 0 Å². The molecule has 0 bridgehead atoms. The molecule has 0 atom stereocenters. The van der Waals surface area contributed by atoms with Gasteiger partial charge in [0.2, 0.25) is 0 Å². The molecule has 66 valence electrons. The molecular formula is C9H13NS2. The van der Waals surface area contributed by atoms with Crippen LogP contribution in [0.3, 0.4) is 0 Å². The van der Waals surface area contributed by atoms with E-state index in [1.54, 1.807) is 11.8 Å². The summed E-state index contributed by atoms with van der Waals surface area (Å²) in [6.07, 6.45) is 2.08. The SMILES string of the molecule is CSc1ccc(N(C)CS)cc1. The number of benzene rings is 1. The van der Waals surface area contributed by atoms with Gasteiger partial charge in [-0.2, -0.15) is 12.6 Å². The highest BCUT2D eigenvalue weighted by molar-refractivity contribution is 7.98. The van der Waals surface area contributed by atoms with Crippen LogP contribution in [0.15, 0.2) is 29.2 Å². The molecule has 3 heteroatoms. The van der Waals surface area contributed by atoms with E-state index < -0.39 is 0 Å². The van der Waals surface area contributed by atoms with Crippen molar-refractivity contribution in [3.8, 4) is 0 Å². The van der Waals surface area contributed by atoms with Crippen LogP contribution in [0.1, 0.15) is 0 Å². The molecule has 0 aliphatic rings. The Morgan fingerprint density at radius 2 is 1.92 bits per heavy atom. The van der Waals surface area contributed by atoms with Crippen LogP contribution in [0, 0.1) is 0 Å². The molecule has 1 aromatic carbocycles. The van der Waals surface area contributed by atoms with Crippen LogP contribution >= 0.6 is 24.4 Å². The van der Waals surface area contributed by atoms with Crippen molar-refractivity contribution in [3.05, 3.63) is 24.3 Å². The van der Waals surface area contributed by atoms with E-state index in [4.69, 9.17) is 0 Å². The molecule has 0 radical (unpaired) electrons. The Kier molecular flexibility index (Phi) is 3.82. The zero-order valence-electron chi connectivity index (χ0n) is 7.32. The molecule has 0 aliphatic carbocycles. The Morgan fingerprint density at radius 1 is 1.33 bits per heavy atom. The maximum Gasteiger partial charge on any atom is 0.0606 e. The number of nitrogens with zero attached hydrogens (tertiary/aromatic N) is 1. The minimum atomic E-state index is 0.749. The van der Waals surface area contributed by atoms with Crippen molar-refractivity contribution in [1.82, 2.24) is 0 Å². The van der Waals surface area contributed by atoms with Gasteiger partial charge >= 0.3 is 0 Å². The third kappa shape index (κ3) is 2.35. The molecule has 1 aromatic rings. The molecular weight excluding hydrogens is 186 g/mol. The predicted octanol–water partition coefficient (Wildman–Crippen LogP) is 2.73. The maximum absolute atomic E-state index is 4.20. The second-order valence-corrected chi connectivity index (χ2v) is 3.70. The lowest BCUT2D eigenvalue weighted by molar-refractivity contribution is 1.10. The topological polar surface area (TPSA) is 3.24 Å². The van der Waals surface area contributed by atoms with Gasteiger partial charge in [0, 0.05) is 17.6 Å². The van der Waals surface area contributed by atoms with Crippen LogP contribution in [-0.2, 0) is 0 Å². The van der Waals surface area contributed by atoms with Gasteiger partial charge in [-0.25, -0.2) is 0 Å². The number of rotatable bonds is 3. The molecule has 1 nitrogen and oxygen atoms in total. The zero-order valence-corrected chi connectivity index (χ0v) is 9.03. The van der Waals surface area contributed by atoms with Gasteiger partial charge < -0.3 is 4.90 Å². The van der Waals surface area contributed by atoms with E-state index in [-0.39, 0.29) is 0 Å². The molecule has 1 rings (SSSR count). The average molecular weight is 199 g/mol. The lowest BCUT2D eigenvalue weighted by Gasteiger charge is -2.15. The first-order valence-electron chi connectivity index (χ1n) is 3.74. The summed E-state index contributed by atoms with van der Waals surface area (Å²) in [7, 11) is 2.03. The van der Waals surface area contributed by atoms with Crippen LogP contribution in [0.25, 0.3) is 0 Å². The third-order valence-corrected chi connectivity index (χ3v) is 2.89. The summed E-state index contributed by atoms with van der Waals surface area (Å²) >= 11 is 5.96. The highest BCUT2D eigenvalue weighted by atomic mass is 32.2. The number of thiol groups is 1. The van der Waals surface area contributed by atoms with Gasteiger partial charge in [-0.05, 0) is 30.5 Å². The fraction of sp³-hybridized carbons (Fsp3) is 0.333. The highest BCUT2D eigenvalue weighted by Crippen LogP contribution is 2.19. The Bertz CT molecular complexity index is 233. The summed E-state index contributed by atoms with van der Waals surface area (Å²) in [4.78, 5) is 3.39. The molecule has 0 N–H and O–H groups in total. The van der Waals surface area contributed by atoms with E-state index in [9.17, 15) is 0 Å². The van der Waals surface area contributed by atoms with Crippen LogP contribution in [0.4, 0.5) is 5.69 Å². The maximum atomic E-state index is 4.20. The quantitative estimate of drug-likeness (QED) is 0.453. The van der Waals surface area contributed by atoms with Crippen molar-refractivity contribution >= 4 is 30.1 Å². The Balaban J connectivity index is 2.77. The van der Waals surface area contributed by atoms with E-state index in [0.717, 1.165) is 5.88 Å². The third-order valence-electron chi connectivity index (χ3n) is 1.73. The Hall–Kier alpha value is -0.280. The first-order valence-corrected chi connectivity index (χ1v) is 5.59. The van der Waals surface area contributed by atoms with Crippen LogP contribution in [0.5, 0.6) is 0 Å². The summed E-state index contributed by atoms with van der Waals surface area (Å²) in [6, 6.07) is 8.48. The lowest BCUT2D eigenvalue weighted by Crippen LogP contribution is -2.13. The number of anilines is 1. The summed E-state index contributed by atoms with van der Waals surface area (Å²) < 4.78 is 0. The molecule has 0 fully saturated rings. The molecule has 0 aliphatic heterocycles. The van der Waals surface area contributed by atoms with E-state index in [1.165, 1.54) is 10.6 Å². The van der Waals surface area contributed by atoms with Crippen molar-refractivity contribution in [2.75, 3.05) is 24.1 Å². The smallest absolute Gasteiger partial charge is 0.0606 e. The average Bonchev–Trinajstić information content (AvgIpc) is 2.17. The van der Waals surface area contributed by atoms with Gasteiger partial charge in [0.05, 0.1) is 5.88 Å².